The molecule has 2 aliphatic rings. The highest BCUT2D eigenvalue weighted by Crippen LogP contribution is 2.28. The third kappa shape index (κ3) is 1.55. The molecule has 2 rings (SSSR count). The molecule has 0 saturated carbocycles. The van der Waals surface area contributed by atoms with Crippen molar-refractivity contribution in [3.63, 3.8) is 0 Å². The third-order valence-corrected chi connectivity index (χ3v) is 4.15. The van der Waals surface area contributed by atoms with Crippen LogP contribution in [0.1, 0.15) is 6.42 Å². The van der Waals surface area contributed by atoms with Crippen molar-refractivity contribution >= 4 is 11.8 Å². The molecule has 11 heavy (non-hydrogen) atoms. The van der Waals surface area contributed by atoms with Crippen LogP contribution in [-0.2, 0) is 0 Å². The maximum atomic E-state index is 5.61. The van der Waals surface area contributed by atoms with Crippen molar-refractivity contribution in [3.8, 4) is 0 Å². The van der Waals surface area contributed by atoms with E-state index in [9.17, 15) is 0 Å². The summed E-state index contributed by atoms with van der Waals surface area (Å²) >= 11 is 2.07. The number of rotatable bonds is 3. The molecule has 2 aliphatic heterocycles. The summed E-state index contributed by atoms with van der Waals surface area (Å²) in [4.78, 5) is 2.55. The summed E-state index contributed by atoms with van der Waals surface area (Å²) in [5.41, 5.74) is 5.61. The molecule has 0 aromatic rings. The summed E-state index contributed by atoms with van der Waals surface area (Å²) in [6.07, 6.45) is 1.33. The van der Waals surface area contributed by atoms with Gasteiger partial charge in [-0.1, -0.05) is 0 Å². The van der Waals surface area contributed by atoms with Crippen LogP contribution in [0, 0.1) is 5.92 Å². The zero-order valence-corrected chi connectivity index (χ0v) is 7.65. The topological polar surface area (TPSA) is 29.3 Å². The lowest BCUT2D eigenvalue weighted by Crippen LogP contribution is -2.54. The molecule has 0 aromatic carbocycles. The highest BCUT2D eigenvalue weighted by atomic mass is 32.2. The van der Waals surface area contributed by atoms with Gasteiger partial charge in [-0.15, -0.1) is 0 Å². The second-order valence-corrected chi connectivity index (χ2v) is 4.65. The van der Waals surface area contributed by atoms with E-state index in [0.29, 0.717) is 0 Å². The average Bonchev–Trinajstić information content (AvgIpc) is 1.83. The first-order chi connectivity index (χ1) is 5.40. The van der Waals surface area contributed by atoms with E-state index in [1.807, 2.05) is 0 Å². The molecule has 2 N–H and O–H groups in total. The van der Waals surface area contributed by atoms with Gasteiger partial charge in [0.1, 0.15) is 0 Å². The van der Waals surface area contributed by atoms with E-state index < -0.39 is 0 Å². The van der Waals surface area contributed by atoms with Gasteiger partial charge in [0, 0.05) is 25.7 Å². The zero-order chi connectivity index (χ0) is 7.68. The second-order valence-electron chi connectivity index (χ2n) is 3.58. The second kappa shape index (κ2) is 3.33. The third-order valence-electron chi connectivity index (χ3n) is 2.74. The molecule has 2 nitrogen and oxygen atoms in total. The van der Waals surface area contributed by atoms with Crippen molar-refractivity contribution in [2.24, 2.45) is 11.7 Å². The molecule has 1 atom stereocenters. The first kappa shape index (κ1) is 7.90. The van der Waals surface area contributed by atoms with E-state index >= 15 is 0 Å². The van der Waals surface area contributed by atoms with Crippen molar-refractivity contribution in [1.29, 1.82) is 0 Å². The van der Waals surface area contributed by atoms with Crippen LogP contribution in [0.25, 0.3) is 0 Å². The van der Waals surface area contributed by atoms with E-state index in [-0.39, 0.29) is 0 Å². The molecule has 0 spiro atoms. The summed E-state index contributed by atoms with van der Waals surface area (Å²) in [6.45, 7) is 3.47. The molecule has 64 valence electrons. The Bertz CT molecular complexity index is 134. The van der Waals surface area contributed by atoms with Gasteiger partial charge < -0.3 is 5.73 Å². The van der Waals surface area contributed by atoms with Crippen molar-refractivity contribution < 1.29 is 0 Å². The Balaban J connectivity index is 1.69. The molecular formula is C8H16N2S. The van der Waals surface area contributed by atoms with Gasteiger partial charge in [-0.25, -0.2) is 0 Å². The highest BCUT2D eigenvalue weighted by molar-refractivity contribution is 8.00. The minimum atomic E-state index is 0.723. The Morgan fingerprint density at radius 1 is 1.45 bits per heavy atom. The van der Waals surface area contributed by atoms with Crippen LogP contribution in [0.3, 0.4) is 0 Å². The summed E-state index contributed by atoms with van der Waals surface area (Å²) < 4.78 is 0. The normalized spacial score (nSPS) is 33.0. The lowest BCUT2D eigenvalue weighted by atomic mass is 10.0. The molecular weight excluding hydrogens is 156 g/mol. The summed E-state index contributed by atoms with van der Waals surface area (Å²) in [5, 5.41) is 0. The summed E-state index contributed by atoms with van der Waals surface area (Å²) in [5.74, 6) is 3.75. The van der Waals surface area contributed by atoms with Crippen LogP contribution >= 0.6 is 11.8 Å². The van der Waals surface area contributed by atoms with Gasteiger partial charge in [0.25, 0.3) is 0 Å². The largest absolute Gasteiger partial charge is 0.329 e. The molecule has 2 saturated heterocycles. The maximum Gasteiger partial charge on any atom is 0.0230 e. The molecule has 3 heteroatoms. The fourth-order valence-electron chi connectivity index (χ4n) is 1.72. The quantitative estimate of drug-likeness (QED) is 0.667. The number of nitrogens with zero attached hydrogens (tertiary/aromatic N) is 1. The van der Waals surface area contributed by atoms with Gasteiger partial charge in [0.2, 0.25) is 0 Å². The van der Waals surface area contributed by atoms with E-state index in [1.54, 1.807) is 0 Å². The molecule has 2 heterocycles. The number of thioether (sulfide) groups is 1. The van der Waals surface area contributed by atoms with Gasteiger partial charge in [0.05, 0.1) is 0 Å². The standard InChI is InChI=1S/C8H16N2S/c9-3-8-1-2-10(8)4-7-5-11-6-7/h7-8H,1-6,9H2. The fraction of sp³-hybridized carbons (Fsp3) is 1.00. The van der Waals surface area contributed by atoms with Gasteiger partial charge in [-0.3, -0.25) is 4.90 Å². The number of hydrogen-bond acceptors (Lipinski definition) is 3. The van der Waals surface area contributed by atoms with Gasteiger partial charge in [-0.05, 0) is 23.8 Å². The number of nitrogens with two attached hydrogens (primary N) is 1. The van der Waals surface area contributed by atoms with E-state index in [4.69, 9.17) is 5.73 Å². The monoisotopic (exact) mass is 172 g/mol. The molecule has 0 bridgehead atoms. The highest BCUT2D eigenvalue weighted by Gasteiger charge is 2.30. The molecule has 0 aliphatic carbocycles. The van der Waals surface area contributed by atoms with Crippen LogP contribution in [-0.4, -0.2) is 42.1 Å². The van der Waals surface area contributed by atoms with Gasteiger partial charge >= 0.3 is 0 Å². The van der Waals surface area contributed by atoms with Crippen molar-refractivity contribution in [3.05, 3.63) is 0 Å². The number of likely N-dealkylation sites (tertiary alicyclic amines) is 1. The summed E-state index contributed by atoms with van der Waals surface area (Å²) in [6, 6.07) is 0.723. The van der Waals surface area contributed by atoms with Crippen molar-refractivity contribution in [2.45, 2.75) is 12.5 Å². The van der Waals surface area contributed by atoms with E-state index in [0.717, 1.165) is 18.5 Å². The van der Waals surface area contributed by atoms with Gasteiger partial charge in [0.15, 0.2) is 0 Å². The predicted molar refractivity (Wildman–Crippen MR) is 49.8 cm³/mol. The Labute approximate surface area is 72.5 Å². The SMILES string of the molecule is NCC1CCN1CC1CSC1. The fourth-order valence-corrected chi connectivity index (χ4v) is 2.50. The molecule has 0 amide bonds. The van der Waals surface area contributed by atoms with Crippen molar-refractivity contribution in [1.82, 2.24) is 4.90 Å². The predicted octanol–water partition coefficient (Wildman–Crippen LogP) is 0.382. The van der Waals surface area contributed by atoms with Crippen LogP contribution < -0.4 is 5.73 Å². The Kier molecular flexibility index (Phi) is 2.39. The first-order valence-corrected chi connectivity index (χ1v) is 5.57. The Morgan fingerprint density at radius 2 is 2.27 bits per heavy atom. The van der Waals surface area contributed by atoms with Crippen LogP contribution in [0.15, 0.2) is 0 Å². The minimum absolute atomic E-state index is 0.723. The minimum Gasteiger partial charge on any atom is -0.329 e. The maximum absolute atomic E-state index is 5.61. The van der Waals surface area contributed by atoms with Gasteiger partial charge in [-0.2, -0.15) is 11.8 Å². The van der Waals surface area contributed by atoms with Crippen LogP contribution in [0.4, 0.5) is 0 Å². The zero-order valence-electron chi connectivity index (χ0n) is 6.83. The molecule has 1 unspecified atom stereocenters. The van der Waals surface area contributed by atoms with Crippen LogP contribution in [0.2, 0.25) is 0 Å². The number of hydrogen-bond donors (Lipinski definition) is 1. The Morgan fingerprint density at radius 3 is 2.64 bits per heavy atom. The summed E-state index contributed by atoms with van der Waals surface area (Å²) in [7, 11) is 0. The molecule has 0 aromatic heterocycles. The average molecular weight is 172 g/mol. The van der Waals surface area contributed by atoms with Crippen molar-refractivity contribution in [2.75, 3.05) is 31.1 Å². The first-order valence-electron chi connectivity index (χ1n) is 4.42. The molecule has 0 radical (unpaired) electrons. The lowest BCUT2D eigenvalue weighted by Gasteiger charge is -2.43. The smallest absolute Gasteiger partial charge is 0.0230 e. The van der Waals surface area contributed by atoms with E-state index in [2.05, 4.69) is 16.7 Å². The Hall–Kier alpha value is 0.270. The molecule has 2 fully saturated rings. The lowest BCUT2D eigenvalue weighted by molar-refractivity contribution is 0.0826. The van der Waals surface area contributed by atoms with Crippen LogP contribution in [0.5, 0.6) is 0 Å². The van der Waals surface area contributed by atoms with E-state index in [1.165, 1.54) is 31.0 Å².